The predicted octanol–water partition coefficient (Wildman–Crippen LogP) is 2.13. The fourth-order valence-electron chi connectivity index (χ4n) is 3.01. The first-order chi connectivity index (χ1) is 7.91. The highest BCUT2D eigenvalue weighted by molar-refractivity contribution is 5.76. The quantitative estimate of drug-likeness (QED) is 0.778. The second kappa shape index (κ2) is 4.19. The summed E-state index contributed by atoms with van der Waals surface area (Å²) < 4.78 is 30.6. The van der Waals surface area contributed by atoms with Crippen LogP contribution < -0.4 is 0 Å². The van der Waals surface area contributed by atoms with Crippen molar-refractivity contribution >= 4 is 5.97 Å². The number of carbonyl (C=O) groups excluding carboxylic acids is 1. The van der Waals surface area contributed by atoms with Gasteiger partial charge in [-0.25, -0.2) is 13.6 Å². The van der Waals surface area contributed by atoms with Gasteiger partial charge in [-0.1, -0.05) is 0 Å². The third-order valence-corrected chi connectivity index (χ3v) is 4.33. The van der Waals surface area contributed by atoms with Crippen LogP contribution in [-0.4, -0.2) is 30.2 Å². The lowest BCUT2D eigenvalue weighted by Crippen LogP contribution is -2.40. The Morgan fingerprint density at radius 2 is 1.82 bits per heavy atom. The number of esters is 1. The molecule has 3 nitrogen and oxygen atoms in total. The molecule has 17 heavy (non-hydrogen) atoms. The minimum atomic E-state index is -2.57. The van der Waals surface area contributed by atoms with E-state index in [9.17, 15) is 18.7 Å². The molecule has 0 radical (unpaired) electrons. The van der Waals surface area contributed by atoms with Gasteiger partial charge in [-0.05, 0) is 31.6 Å². The molecular formula is C12H18F2O3. The first kappa shape index (κ1) is 12.7. The number of aliphatic hydroxyl groups is 1. The molecule has 0 aromatic rings. The molecule has 2 aliphatic rings. The van der Waals surface area contributed by atoms with Gasteiger partial charge in [-0.3, -0.25) is 0 Å². The maximum Gasteiger partial charge on any atom is 0.335 e. The van der Waals surface area contributed by atoms with Gasteiger partial charge in [0.15, 0.2) is 6.10 Å². The fourth-order valence-corrected chi connectivity index (χ4v) is 3.01. The summed E-state index contributed by atoms with van der Waals surface area (Å²) in [6.07, 6.45) is 0.839. The Bertz CT molecular complexity index is 303. The van der Waals surface area contributed by atoms with E-state index in [2.05, 4.69) is 4.74 Å². The number of carbonyl (C=O) groups is 1. The van der Waals surface area contributed by atoms with E-state index in [-0.39, 0.29) is 18.8 Å². The number of methoxy groups -OCH3 is 1. The lowest BCUT2D eigenvalue weighted by Gasteiger charge is -2.35. The Kier molecular flexibility index (Phi) is 3.14. The molecule has 0 aliphatic heterocycles. The Morgan fingerprint density at radius 1 is 1.29 bits per heavy atom. The average molecular weight is 248 g/mol. The van der Waals surface area contributed by atoms with Gasteiger partial charge >= 0.3 is 5.97 Å². The van der Waals surface area contributed by atoms with E-state index < -0.39 is 23.4 Å². The van der Waals surface area contributed by atoms with Crippen molar-refractivity contribution in [1.29, 1.82) is 0 Å². The molecule has 5 heteroatoms. The Labute approximate surface area is 99.1 Å². The second-order valence-corrected chi connectivity index (χ2v) is 5.29. The van der Waals surface area contributed by atoms with E-state index in [0.29, 0.717) is 12.8 Å². The van der Waals surface area contributed by atoms with Crippen LogP contribution in [0.2, 0.25) is 0 Å². The molecule has 0 heterocycles. The summed E-state index contributed by atoms with van der Waals surface area (Å²) in [4.78, 5) is 11.3. The molecular weight excluding hydrogens is 230 g/mol. The maximum atomic E-state index is 13.1. The molecule has 0 saturated heterocycles. The van der Waals surface area contributed by atoms with E-state index in [4.69, 9.17) is 0 Å². The number of halogens is 2. The third kappa shape index (κ3) is 2.30. The second-order valence-electron chi connectivity index (χ2n) is 5.29. The molecule has 0 amide bonds. The molecule has 1 atom stereocenters. The van der Waals surface area contributed by atoms with Gasteiger partial charge in [-0.2, -0.15) is 0 Å². The first-order valence-corrected chi connectivity index (χ1v) is 6.05. The summed E-state index contributed by atoms with van der Waals surface area (Å²) in [5, 5.41) is 9.93. The molecule has 1 unspecified atom stereocenters. The molecule has 2 aliphatic carbocycles. The topological polar surface area (TPSA) is 46.5 Å². The van der Waals surface area contributed by atoms with E-state index in [1.54, 1.807) is 0 Å². The van der Waals surface area contributed by atoms with Crippen molar-refractivity contribution < 1.29 is 23.4 Å². The monoisotopic (exact) mass is 248 g/mol. The summed E-state index contributed by atoms with van der Waals surface area (Å²) in [5.74, 6) is -3.18. The van der Waals surface area contributed by atoms with Crippen molar-refractivity contribution in [3.63, 3.8) is 0 Å². The number of hydrogen-bond donors (Lipinski definition) is 1. The van der Waals surface area contributed by atoms with Crippen molar-refractivity contribution in [3.8, 4) is 0 Å². The fraction of sp³-hybridized carbons (Fsp3) is 0.917. The third-order valence-electron chi connectivity index (χ3n) is 4.33. The number of alkyl halides is 2. The van der Waals surface area contributed by atoms with Gasteiger partial charge < -0.3 is 9.84 Å². The van der Waals surface area contributed by atoms with Gasteiger partial charge in [0.25, 0.3) is 0 Å². The van der Waals surface area contributed by atoms with Gasteiger partial charge in [0, 0.05) is 18.3 Å². The predicted molar refractivity (Wildman–Crippen MR) is 56.6 cm³/mol. The normalized spacial score (nSPS) is 28.5. The first-order valence-electron chi connectivity index (χ1n) is 6.05. The van der Waals surface area contributed by atoms with Crippen molar-refractivity contribution in [1.82, 2.24) is 0 Å². The van der Waals surface area contributed by atoms with E-state index >= 15 is 0 Å². The molecule has 0 bridgehead atoms. The number of aliphatic hydroxyl groups excluding tert-OH is 1. The van der Waals surface area contributed by atoms with Crippen molar-refractivity contribution in [2.45, 2.75) is 50.6 Å². The molecule has 1 N–H and O–H groups in total. The number of rotatable bonds is 3. The minimum absolute atomic E-state index is 0.0243. The molecule has 2 rings (SSSR count). The highest BCUT2D eigenvalue weighted by Gasteiger charge is 2.58. The van der Waals surface area contributed by atoms with E-state index in [1.165, 1.54) is 7.11 Å². The lowest BCUT2D eigenvalue weighted by atomic mass is 9.74. The molecule has 0 spiro atoms. The lowest BCUT2D eigenvalue weighted by molar-refractivity contribution is -0.157. The van der Waals surface area contributed by atoms with Crippen molar-refractivity contribution in [3.05, 3.63) is 0 Å². The number of hydrogen-bond acceptors (Lipinski definition) is 3. The molecule has 2 saturated carbocycles. The standard InChI is InChI=1S/C12H18F2O3/c1-17-10(16)9(15)11(6-7-11)8-2-4-12(13,14)5-3-8/h8-9,15H,2-7H2,1H3. The minimum Gasteiger partial charge on any atom is -0.467 e. The Balaban J connectivity index is 2.00. The van der Waals surface area contributed by atoms with Crippen LogP contribution in [0.3, 0.4) is 0 Å². The average Bonchev–Trinajstić information content (AvgIpc) is 3.08. The molecule has 0 aromatic heterocycles. The van der Waals surface area contributed by atoms with Crippen LogP contribution in [0.15, 0.2) is 0 Å². The summed E-state index contributed by atoms with van der Waals surface area (Å²) >= 11 is 0. The van der Waals surface area contributed by atoms with E-state index in [0.717, 1.165) is 12.8 Å². The van der Waals surface area contributed by atoms with Crippen LogP contribution in [0.4, 0.5) is 8.78 Å². The van der Waals surface area contributed by atoms with Crippen LogP contribution in [0.25, 0.3) is 0 Å². The molecule has 98 valence electrons. The van der Waals surface area contributed by atoms with E-state index in [1.807, 2.05) is 0 Å². The maximum absolute atomic E-state index is 13.1. The SMILES string of the molecule is COC(=O)C(O)C1(C2CCC(F)(F)CC2)CC1. The van der Waals surface area contributed by atoms with Crippen molar-refractivity contribution in [2.75, 3.05) is 7.11 Å². The summed E-state index contributed by atoms with van der Waals surface area (Å²) in [6, 6.07) is 0. The largest absolute Gasteiger partial charge is 0.467 e. The van der Waals surface area contributed by atoms with Crippen LogP contribution in [-0.2, 0) is 9.53 Å². The Hall–Kier alpha value is -0.710. The zero-order valence-electron chi connectivity index (χ0n) is 9.92. The Morgan fingerprint density at radius 3 is 2.24 bits per heavy atom. The molecule has 2 fully saturated rings. The smallest absolute Gasteiger partial charge is 0.335 e. The molecule has 0 aromatic carbocycles. The zero-order valence-corrected chi connectivity index (χ0v) is 9.92. The van der Waals surface area contributed by atoms with Gasteiger partial charge in [0.1, 0.15) is 0 Å². The van der Waals surface area contributed by atoms with Crippen molar-refractivity contribution in [2.24, 2.45) is 11.3 Å². The van der Waals surface area contributed by atoms with Crippen LogP contribution in [0.5, 0.6) is 0 Å². The van der Waals surface area contributed by atoms with Gasteiger partial charge in [0.05, 0.1) is 7.11 Å². The van der Waals surface area contributed by atoms with Gasteiger partial charge in [0.2, 0.25) is 5.92 Å². The highest BCUT2D eigenvalue weighted by atomic mass is 19.3. The summed E-state index contributed by atoms with van der Waals surface area (Å²) in [5.41, 5.74) is -0.483. The zero-order chi connectivity index (χ0) is 12.7. The van der Waals surface area contributed by atoms with Crippen LogP contribution in [0.1, 0.15) is 38.5 Å². The van der Waals surface area contributed by atoms with Crippen LogP contribution in [0, 0.1) is 11.3 Å². The summed E-state index contributed by atoms with van der Waals surface area (Å²) in [7, 11) is 1.23. The van der Waals surface area contributed by atoms with Crippen LogP contribution >= 0.6 is 0 Å². The van der Waals surface area contributed by atoms with Gasteiger partial charge in [-0.15, -0.1) is 0 Å². The summed E-state index contributed by atoms with van der Waals surface area (Å²) in [6.45, 7) is 0. The number of ether oxygens (including phenoxy) is 1. The highest BCUT2D eigenvalue weighted by Crippen LogP contribution is 2.60.